The molecule has 5 rings (SSSR count). The lowest BCUT2D eigenvalue weighted by Crippen LogP contribution is -2.37. The van der Waals surface area contributed by atoms with Crippen molar-refractivity contribution in [2.75, 3.05) is 18.6 Å². The molecule has 1 amide bonds. The molecule has 0 fully saturated rings. The van der Waals surface area contributed by atoms with E-state index in [-0.39, 0.29) is 23.1 Å². The normalized spacial score (nSPS) is 12.8. The fourth-order valence-corrected chi connectivity index (χ4v) is 4.82. The van der Waals surface area contributed by atoms with Crippen molar-refractivity contribution >= 4 is 11.9 Å². The molecule has 0 aliphatic carbocycles. The zero-order valence-electron chi connectivity index (χ0n) is 21.9. The van der Waals surface area contributed by atoms with E-state index >= 15 is 4.39 Å². The number of methoxy groups -OCH3 is 1. The number of aromatic nitrogens is 2. The van der Waals surface area contributed by atoms with Crippen molar-refractivity contribution in [1.29, 1.82) is 0 Å². The zero-order valence-corrected chi connectivity index (χ0v) is 21.9. The van der Waals surface area contributed by atoms with Crippen LogP contribution in [0.5, 0.6) is 5.75 Å². The number of hydrogen-bond donors (Lipinski definition) is 0. The van der Waals surface area contributed by atoms with Gasteiger partial charge in [-0.05, 0) is 61.2 Å². The maximum absolute atomic E-state index is 15.1. The summed E-state index contributed by atoms with van der Waals surface area (Å²) < 4.78 is 20.4. The quantitative estimate of drug-likeness (QED) is 0.310. The Kier molecular flexibility index (Phi) is 7.36. The van der Waals surface area contributed by atoms with Crippen molar-refractivity contribution < 1.29 is 13.9 Å². The van der Waals surface area contributed by atoms with Crippen LogP contribution >= 0.6 is 0 Å². The molecule has 7 heteroatoms. The summed E-state index contributed by atoms with van der Waals surface area (Å²) in [4.78, 5) is 27.2. The van der Waals surface area contributed by atoms with E-state index in [1.165, 1.54) is 17.2 Å². The molecular weight excluding hydrogens is 479 g/mol. The Morgan fingerprint density at radius 2 is 1.82 bits per heavy atom. The van der Waals surface area contributed by atoms with Gasteiger partial charge in [0.05, 0.1) is 18.4 Å². The van der Waals surface area contributed by atoms with Crippen molar-refractivity contribution in [2.45, 2.75) is 39.4 Å². The Morgan fingerprint density at radius 3 is 2.58 bits per heavy atom. The van der Waals surface area contributed by atoms with Gasteiger partial charge in [0.15, 0.2) is 0 Å². The van der Waals surface area contributed by atoms with Gasteiger partial charge in [0.25, 0.3) is 5.91 Å². The van der Waals surface area contributed by atoms with E-state index in [2.05, 4.69) is 22.0 Å². The van der Waals surface area contributed by atoms with Crippen LogP contribution in [0.1, 0.15) is 40.9 Å². The molecule has 3 aromatic carbocycles. The molecule has 1 aliphatic rings. The smallest absolute Gasteiger partial charge is 0.258 e. The summed E-state index contributed by atoms with van der Waals surface area (Å²) in [6.45, 7) is 5.70. The maximum Gasteiger partial charge on any atom is 0.258 e. The highest BCUT2D eigenvalue weighted by Crippen LogP contribution is 2.30. The summed E-state index contributed by atoms with van der Waals surface area (Å²) in [7, 11) is 1.62. The molecule has 0 N–H and O–H groups in total. The first-order valence-corrected chi connectivity index (χ1v) is 12.8. The minimum atomic E-state index is -0.431. The van der Waals surface area contributed by atoms with E-state index in [1.54, 1.807) is 36.4 Å². The molecule has 4 aromatic rings. The second-order valence-corrected chi connectivity index (χ2v) is 9.73. The van der Waals surface area contributed by atoms with Crippen LogP contribution in [-0.2, 0) is 19.5 Å². The molecule has 0 atom stereocenters. The molecule has 1 aromatic heterocycles. The van der Waals surface area contributed by atoms with Crippen LogP contribution in [0.4, 0.5) is 10.3 Å². The number of amides is 1. The van der Waals surface area contributed by atoms with Crippen molar-refractivity contribution in [1.82, 2.24) is 14.9 Å². The number of halogens is 1. The molecular formula is C31H31FN4O2. The molecule has 38 heavy (non-hydrogen) atoms. The van der Waals surface area contributed by atoms with Gasteiger partial charge in [-0.3, -0.25) is 4.79 Å². The van der Waals surface area contributed by atoms with Crippen LogP contribution < -0.4 is 9.64 Å². The van der Waals surface area contributed by atoms with Crippen molar-refractivity contribution in [3.63, 3.8) is 0 Å². The van der Waals surface area contributed by atoms with Gasteiger partial charge in [-0.15, -0.1) is 0 Å². The van der Waals surface area contributed by atoms with E-state index < -0.39 is 5.82 Å². The number of nitrogens with zero attached hydrogens (tertiary/aromatic N) is 4. The fraction of sp³-hybridized carbons (Fsp3) is 0.258. The number of carbonyl (C=O) groups is 1. The molecule has 1 aliphatic heterocycles. The Hall–Kier alpha value is -4.26. The Bertz CT molecular complexity index is 1460. The van der Waals surface area contributed by atoms with Crippen LogP contribution in [-0.4, -0.2) is 40.5 Å². The van der Waals surface area contributed by atoms with Crippen molar-refractivity contribution in [2.24, 2.45) is 0 Å². The lowest BCUT2D eigenvalue weighted by atomic mass is 10.0. The van der Waals surface area contributed by atoms with Crippen LogP contribution in [0.25, 0.3) is 11.3 Å². The van der Waals surface area contributed by atoms with E-state index in [9.17, 15) is 4.79 Å². The van der Waals surface area contributed by atoms with Gasteiger partial charge in [-0.25, -0.2) is 14.4 Å². The van der Waals surface area contributed by atoms with E-state index in [1.807, 2.05) is 50.2 Å². The first-order valence-electron chi connectivity index (χ1n) is 12.8. The van der Waals surface area contributed by atoms with E-state index in [0.29, 0.717) is 24.7 Å². The minimum absolute atomic E-state index is 0.111. The Morgan fingerprint density at radius 1 is 1.05 bits per heavy atom. The van der Waals surface area contributed by atoms with Crippen molar-refractivity contribution in [3.8, 4) is 17.0 Å². The number of ether oxygens (including phenoxy) is 1. The number of rotatable bonds is 7. The highest BCUT2D eigenvalue weighted by molar-refractivity contribution is 6.00. The molecule has 0 saturated carbocycles. The molecule has 6 nitrogen and oxygen atoms in total. The van der Waals surface area contributed by atoms with E-state index in [4.69, 9.17) is 9.72 Å². The number of carbonyl (C=O) groups excluding carboxylic acids is 1. The summed E-state index contributed by atoms with van der Waals surface area (Å²) >= 11 is 0. The predicted molar refractivity (Wildman–Crippen MR) is 147 cm³/mol. The first-order chi connectivity index (χ1) is 18.4. The third kappa shape index (κ3) is 5.23. The molecule has 0 radical (unpaired) electrons. The number of hydrogen-bond acceptors (Lipinski definition) is 5. The minimum Gasteiger partial charge on any atom is -0.497 e. The average molecular weight is 511 g/mol. The first kappa shape index (κ1) is 25.4. The number of benzene rings is 3. The highest BCUT2D eigenvalue weighted by Gasteiger charge is 2.27. The third-order valence-electron chi connectivity index (χ3n) is 6.92. The summed E-state index contributed by atoms with van der Waals surface area (Å²) in [5, 5.41) is 0. The Labute approximate surface area is 222 Å². The number of fused-ring (bicyclic) bond motifs is 1. The van der Waals surface area contributed by atoms with Gasteiger partial charge >= 0.3 is 0 Å². The topological polar surface area (TPSA) is 58.6 Å². The summed E-state index contributed by atoms with van der Waals surface area (Å²) in [6, 6.07) is 22.3. The third-order valence-corrected chi connectivity index (χ3v) is 6.92. The van der Waals surface area contributed by atoms with Crippen LogP contribution in [0.15, 0.2) is 79.0 Å². The maximum atomic E-state index is 15.1. The SMILES string of the molecule is COc1cccc(CN(C(=O)c2cnc(N3CCc4ccccc4C3)nc2-c2ccccc2F)C(C)C)c1. The summed E-state index contributed by atoms with van der Waals surface area (Å²) in [6.07, 6.45) is 2.42. The van der Waals surface area contributed by atoms with Crippen LogP contribution in [0.2, 0.25) is 0 Å². The largest absolute Gasteiger partial charge is 0.497 e. The van der Waals surface area contributed by atoms with Gasteiger partial charge in [0, 0.05) is 37.4 Å². The van der Waals surface area contributed by atoms with Crippen LogP contribution in [0, 0.1) is 5.82 Å². The van der Waals surface area contributed by atoms with Gasteiger partial charge in [-0.1, -0.05) is 48.5 Å². The Balaban J connectivity index is 1.53. The molecule has 2 heterocycles. The average Bonchev–Trinajstić information content (AvgIpc) is 2.95. The summed E-state index contributed by atoms with van der Waals surface area (Å²) in [5.74, 6) is 0.524. The second-order valence-electron chi connectivity index (χ2n) is 9.73. The monoisotopic (exact) mass is 510 g/mol. The van der Waals surface area contributed by atoms with Crippen molar-refractivity contribution in [3.05, 3.63) is 107 Å². The van der Waals surface area contributed by atoms with Gasteiger partial charge in [-0.2, -0.15) is 0 Å². The highest BCUT2D eigenvalue weighted by atomic mass is 19.1. The molecule has 0 saturated heterocycles. The predicted octanol–water partition coefficient (Wildman–Crippen LogP) is 5.90. The second kappa shape index (κ2) is 11.0. The van der Waals surface area contributed by atoms with Gasteiger partial charge < -0.3 is 14.5 Å². The standard InChI is InChI=1S/C31H31FN4O2/c1-21(2)36(19-22-9-8-12-25(17-22)38-3)30(37)27-18-33-31(34-29(27)26-13-6-7-14-28(26)32)35-16-15-23-10-4-5-11-24(23)20-35/h4-14,17-18,21H,15-16,19-20H2,1-3H3. The van der Waals surface area contributed by atoms with Gasteiger partial charge in [0.1, 0.15) is 11.6 Å². The molecule has 194 valence electrons. The molecule has 0 spiro atoms. The summed E-state index contributed by atoms with van der Waals surface area (Å²) in [5.41, 5.74) is 4.32. The lowest BCUT2D eigenvalue weighted by Gasteiger charge is -2.30. The van der Waals surface area contributed by atoms with Gasteiger partial charge in [0.2, 0.25) is 5.95 Å². The van der Waals surface area contributed by atoms with Crippen LogP contribution in [0.3, 0.4) is 0 Å². The number of anilines is 1. The zero-order chi connectivity index (χ0) is 26.6. The lowest BCUT2D eigenvalue weighted by molar-refractivity contribution is 0.0690. The fourth-order valence-electron chi connectivity index (χ4n) is 4.82. The molecule has 0 unspecified atom stereocenters. The molecule has 0 bridgehead atoms. The van der Waals surface area contributed by atoms with E-state index in [0.717, 1.165) is 24.3 Å².